The van der Waals surface area contributed by atoms with E-state index in [1.807, 2.05) is 56.5 Å². The van der Waals surface area contributed by atoms with Crippen molar-refractivity contribution in [3.63, 3.8) is 0 Å². The van der Waals surface area contributed by atoms with Crippen LogP contribution in [-0.4, -0.2) is 23.1 Å². The average Bonchev–Trinajstić information content (AvgIpc) is 2.86. The molecule has 0 radical (unpaired) electrons. The van der Waals surface area contributed by atoms with Crippen LogP contribution in [0.4, 0.5) is 0 Å². The Labute approximate surface area is 129 Å². The fourth-order valence-corrected chi connectivity index (χ4v) is 2.56. The normalized spacial score (nSPS) is 11.4. The molecule has 0 bridgehead atoms. The molecule has 0 aliphatic carbocycles. The number of aromatic nitrogens is 1. The van der Waals surface area contributed by atoms with Crippen LogP contribution in [0.1, 0.15) is 25.8 Å². The third-order valence-corrected chi connectivity index (χ3v) is 3.44. The van der Waals surface area contributed by atoms with Gasteiger partial charge in [0, 0.05) is 17.5 Å². The molecule has 2 aromatic rings. The summed E-state index contributed by atoms with van der Waals surface area (Å²) in [6.07, 6.45) is 0. The Balaban J connectivity index is 1.83. The minimum Gasteiger partial charge on any atom is -0.459 e. The number of hydrogen-bond acceptors (Lipinski definition) is 5. The van der Waals surface area contributed by atoms with Crippen LogP contribution in [0.3, 0.4) is 0 Å². The van der Waals surface area contributed by atoms with Crippen LogP contribution in [0.25, 0.3) is 11.3 Å². The van der Waals surface area contributed by atoms with E-state index in [4.69, 9.17) is 4.74 Å². The smallest absolute Gasteiger partial charge is 0.320 e. The van der Waals surface area contributed by atoms with Gasteiger partial charge in [-0.2, -0.15) is 0 Å². The van der Waals surface area contributed by atoms with E-state index in [1.54, 1.807) is 11.3 Å². The van der Waals surface area contributed by atoms with Gasteiger partial charge in [-0.3, -0.25) is 4.79 Å². The first-order chi connectivity index (χ1) is 9.94. The van der Waals surface area contributed by atoms with Crippen molar-refractivity contribution in [3.05, 3.63) is 40.7 Å². The van der Waals surface area contributed by atoms with E-state index in [0.717, 1.165) is 16.3 Å². The minimum atomic E-state index is -0.444. The van der Waals surface area contributed by atoms with Crippen LogP contribution in [0, 0.1) is 0 Å². The second-order valence-corrected chi connectivity index (χ2v) is 6.63. The number of carbonyl (C=O) groups is 1. The summed E-state index contributed by atoms with van der Waals surface area (Å²) in [7, 11) is 0. The van der Waals surface area contributed by atoms with Gasteiger partial charge >= 0.3 is 5.97 Å². The van der Waals surface area contributed by atoms with Crippen LogP contribution >= 0.6 is 11.3 Å². The molecule has 1 aromatic heterocycles. The highest BCUT2D eigenvalue weighted by Crippen LogP contribution is 2.21. The van der Waals surface area contributed by atoms with Crippen LogP contribution in [0.15, 0.2) is 35.7 Å². The lowest BCUT2D eigenvalue weighted by Crippen LogP contribution is -2.31. The highest BCUT2D eigenvalue weighted by atomic mass is 32.1. The fraction of sp³-hybridized carbons (Fsp3) is 0.375. The van der Waals surface area contributed by atoms with Crippen molar-refractivity contribution < 1.29 is 9.53 Å². The zero-order valence-corrected chi connectivity index (χ0v) is 13.4. The predicted octanol–water partition coefficient (Wildman–Crippen LogP) is 3.24. The second-order valence-electron chi connectivity index (χ2n) is 5.68. The summed E-state index contributed by atoms with van der Waals surface area (Å²) in [6.45, 7) is 6.34. The molecule has 0 spiro atoms. The van der Waals surface area contributed by atoms with Crippen molar-refractivity contribution in [1.82, 2.24) is 10.3 Å². The molecular formula is C16H20N2O2S. The highest BCUT2D eigenvalue weighted by Gasteiger charge is 2.15. The maximum absolute atomic E-state index is 11.6. The van der Waals surface area contributed by atoms with Crippen LogP contribution in [-0.2, 0) is 16.1 Å². The Bertz CT molecular complexity index is 588. The maximum Gasteiger partial charge on any atom is 0.320 e. The van der Waals surface area contributed by atoms with E-state index >= 15 is 0 Å². The molecule has 1 heterocycles. The third-order valence-electron chi connectivity index (χ3n) is 2.59. The molecule has 0 aliphatic heterocycles. The molecule has 0 atom stereocenters. The molecule has 0 fully saturated rings. The van der Waals surface area contributed by atoms with E-state index in [1.165, 1.54) is 0 Å². The molecule has 0 saturated heterocycles. The predicted molar refractivity (Wildman–Crippen MR) is 85.1 cm³/mol. The van der Waals surface area contributed by atoms with E-state index < -0.39 is 5.60 Å². The van der Waals surface area contributed by atoms with Gasteiger partial charge in [0.05, 0.1) is 12.2 Å². The van der Waals surface area contributed by atoms with Gasteiger partial charge in [0.1, 0.15) is 10.6 Å². The number of benzene rings is 1. The van der Waals surface area contributed by atoms with E-state index in [9.17, 15) is 4.79 Å². The van der Waals surface area contributed by atoms with E-state index in [-0.39, 0.29) is 12.5 Å². The largest absolute Gasteiger partial charge is 0.459 e. The SMILES string of the molecule is CC(C)(C)OC(=O)CNCc1nc(-c2ccccc2)cs1. The number of nitrogens with zero attached hydrogens (tertiary/aromatic N) is 1. The lowest BCUT2D eigenvalue weighted by molar-refractivity contribution is -0.153. The van der Waals surface area contributed by atoms with Gasteiger partial charge < -0.3 is 10.1 Å². The molecule has 1 aromatic carbocycles. The van der Waals surface area contributed by atoms with Crippen molar-refractivity contribution in [3.8, 4) is 11.3 Å². The topological polar surface area (TPSA) is 51.2 Å². The second kappa shape index (κ2) is 6.83. The Morgan fingerprint density at radius 1 is 1.29 bits per heavy atom. The van der Waals surface area contributed by atoms with Gasteiger partial charge in [0.25, 0.3) is 0 Å². The van der Waals surface area contributed by atoms with Gasteiger partial charge in [0.15, 0.2) is 0 Å². The maximum atomic E-state index is 11.6. The number of rotatable bonds is 5. The molecular weight excluding hydrogens is 284 g/mol. The zero-order chi connectivity index (χ0) is 15.3. The summed E-state index contributed by atoms with van der Waals surface area (Å²) in [4.78, 5) is 16.1. The van der Waals surface area contributed by atoms with Crippen molar-refractivity contribution in [2.45, 2.75) is 32.9 Å². The van der Waals surface area contributed by atoms with Crippen molar-refractivity contribution in [2.75, 3.05) is 6.54 Å². The first kappa shape index (κ1) is 15.7. The van der Waals surface area contributed by atoms with E-state index in [0.29, 0.717) is 6.54 Å². The molecule has 2 rings (SSSR count). The summed E-state index contributed by atoms with van der Waals surface area (Å²) in [6, 6.07) is 10.0. The highest BCUT2D eigenvalue weighted by molar-refractivity contribution is 7.09. The summed E-state index contributed by atoms with van der Waals surface area (Å²) in [5.74, 6) is -0.248. The molecule has 0 unspecified atom stereocenters. The molecule has 4 nitrogen and oxygen atoms in total. The lowest BCUT2D eigenvalue weighted by Gasteiger charge is -2.19. The number of esters is 1. The van der Waals surface area contributed by atoms with Crippen molar-refractivity contribution >= 4 is 17.3 Å². The minimum absolute atomic E-state index is 0.192. The number of ether oxygens (including phenoxy) is 1. The van der Waals surface area contributed by atoms with Crippen LogP contribution < -0.4 is 5.32 Å². The Morgan fingerprint density at radius 3 is 2.67 bits per heavy atom. The summed E-state index contributed by atoms with van der Waals surface area (Å²) >= 11 is 1.58. The number of carbonyl (C=O) groups excluding carboxylic acids is 1. The lowest BCUT2D eigenvalue weighted by atomic mass is 10.2. The molecule has 21 heavy (non-hydrogen) atoms. The number of thiazole rings is 1. The van der Waals surface area contributed by atoms with Gasteiger partial charge in [-0.05, 0) is 20.8 Å². The standard InChI is InChI=1S/C16H20N2O2S/c1-16(2,3)20-15(19)10-17-9-14-18-13(11-21-14)12-7-5-4-6-8-12/h4-8,11,17H,9-10H2,1-3H3. The average molecular weight is 304 g/mol. The van der Waals surface area contributed by atoms with Crippen molar-refractivity contribution in [1.29, 1.82) is 0 Å². The molecule has 1 N–H and O–H groups in total. The molecule has 5 heteroatoms. The Kier molecular flexibility index (Phi) is 5.09. The van der Waals surface area contributed by atoms with Gasteiger partial charge in [-0.15, -0.1) is 11.3 Å². The van der Waals surface area contributed by atoms with Gasteiger partial charge in [0.2, 0.25) is 0 Å². The molecule has 112 valence electrons. The zero-order valence-electron chi connectivity index (χ0n) is 12.6. The van der Waals surface area contributed by atoms with Crippen molar-refractivity contribution in [2.24, 2.45) is 0 Å². The van der Waals surface area contributed by atoms with Crippen LogP contribution in [0.2, 0.25) is 0 Å². The number of hydrogen-bond donors (Lipinski definition) is 1. The van der Waals surface area contributed by atoms with Crippen LogP contribution in [0.5, 0.6) is 0 Å². The molecule has 0 aliphatic rings. The summed E-state index contributed by atoms with van der Waals surface area (Å²) < 4.78 is 5.23. The van der Waals surface area contributed by atoms with Gasteiger partial charge in [-0.25, -0.2) is 4.98 Å². The summed E-state index contributed by atoms with van der Waals surface area (Å²) in [5.41, 5.74) is 1.63. The third kappa shape index (κ3) is 5.28. The fourth-order valence-electron chi connectivity index (χ4n) is 1.78. The molecule has 0 amide bonds. The molecule has 0 saturated carbocycles. The first-order valence-electron chi connectivity index (χ1n) is 6.86. The quantitative estimate of drug-likeness (QED) is 0.862. The summed E-state index contributed by atoms with van der Waals surface area (Å²) in [5, 5.41) is 6.05. The first-order valence-corrected chi connectivity index (χ1v) is 7.74. The number of nitrogens with one attached hydrogen (secondary N) is 1. The van der Waals surface area contributed by atoms with Gasteiger partial charge in [-0.1, -0.05) is 30.3 Å². The Hall–Kier alpha value is -1.72. The van der Waals surface area contributed by atoms with E-state index in [2.05, 4.69) is 10.3 Å². The monoisotopic (exact) mass is 304 g/mol. The Morgan fingerprint density at radius 2 is 2.00 bits per heavy atom.